The first kappa shape index (κ1) is 12.2. The third-order valence-corrected chi connectivity index (χ3v) is 2.17. The number of aliphatic imine (C=N–C) groups is 1. The van der Waals surface area contributed by atoms with Gasteiger partial charge in [-0.25, -0.2) is 4.39 Å². The van der Waals surface area contributed by atoms with Crippen molar-refractivity contribution in [1.29, 1.82) is 0 Å². The van der Waals surface area contributed by atoms with Crippen LogP contribution < -0.4 is 5.32 Å². The van der Waals surface area contributed by atoms with Gasteiger partial charge < -0.3 is 5.32 Å². The molecule has 2 nitrogen and oxygen atoms in total. The molecule has 0 radical (unpaired) electrons. The summed E-state index contributed by atoms with van der Waals surface area (Å²) in [6.07, 6.45) is 1.40. The van der Waals surface area contributed by atoms with Gasteiger partial charge in [0.05, 0.1) is 0 Å². The zero-order valence-electron chi connectivity index (χ0n) is 9.50. The van der Waals surface area contributed by atoms with E-state index in [0.29, 0.717) is 0 Å². The van der Waals surface area contributed by atoms with E-state index in [1.54, 1.807) is 26.1 Å². The molecule has 0 aromatic heterocycles. The molecule has 0 amide bonds. The van der Waals surface area contributed by atoms with E-state index in [9.17, 15) is 4.39 Å². The summed E-state index contributed by atoms with van der Waals surface area (Å²) in [6.45, 7) is 5.18. The lowest BCUT2D eigenvalue weighted by molar-refractivity contribution is 0.664. The number of allylic oxidation sites excluding steroid dienone is 3. The molecule has 0 atom stereocenters. The van der Waals surface area contributed by atoms with Crippen LogP contribution in [0.25, 0.3) is 5.70 Å². The van der Waals surface area contributed by atoms with E-state index in [0.717, 1.165) is 11.3 Å². The first-order valence-electron chi connectivity index (χ1n) is 4.97. The Morgan fingerprint density at radius 2 is 2.00 bits per heavy atom. The van der Waals surface area contributed by atoms with Gasteiger partial charge in [-0.1, -0.05) is 30.3 Å². The minimum absolute atomic E-state index is 0.259. The molecule has 0 aliphatic heterocycles. The lowest BCUT2D eigenvalue weighted by Crippen LogP contribution is -2.01. The van der Waals surface area contributed by atoms with E-state index in [1.165, 1.54) is 6.08 Å². The van der Waals surface area contributed by atoms with Crippen LogP contribution in [0.1, 0.15) is 12.5 Å². The normalized spacial score (nSPS) is 13.1. The summed E-state index contributed by atoms with van der Waals surface area (Å²) in [5.74, 6) is -0.395. The van der Waals surface area contributed by atoms with Gasteiger partial charge in [0, 0.05) is 18.3 Å². The third-order valence-electron chi connectivity index (χ3n) is 2.17. The lowest BCUT2D eigenvalue weighted by Gasteiger charge is -2.03. The molecule has 3 heteroatoms. The van der Waals surface area contributed by atoms with Crippen LogP contribution >= 0.6 is 0 Å². The van der Waals surface area contributed by atoms with Crippen LogP contribution in [0.15, 0.2) is 52.9 Å². The molecule has 1 rings (SSSR count). The van der Waals surface area contributed by atoms with E-state index < -0.39 is 5.83 Å². The van der Waals surface area contributed by atoms with Gasteiger partial charge in [-0.2, -0.15) is 0 Å². The van der Waals surface area contributed by atoms with E-state index >= 15 is 0 Å². The predicted molar refractivity (Wildman–Crippen MR) is 66.8 cm³/mol. The van der Waals surface area contributed by atoms with Crippen LogP contribution in [0.3, 0.4) is 0 Å². The SMILES string of the molecule is C=N/C(=C(F)\C=C(/C)NC)c1ccccc1. The van der Waals surface area contributed by atoms with Gasteiger partial charge in [0.2, 0.25) is 0 Å². The molecule has 0 unspecified atom stereocenters. The summed E-state index contributed by atoms with van der Waals surface area (Å²) in [7, 11) is 1.74. The average molecular weight is 218 g/mol. The van der Waals surface area contributed by atoms with Crippen molar-refractivity contribution < 1.29 is 4.39 Å². The van der Waals surface area contributed by atoms with Crippen LogP contribution in [0.4, 0.5) is 4.39 Å². The number of nitrogens with zero attached hydrogens (tertiary/aromatic N) is 1. The number of hydrogen-bond acceptors (Lipinski definition) is 2. The number of rotatable bonds is 4. The Morgan fingerprint density at radius 1 is 1.38 bits per heavy atom. The molecule has 0 aliphatic carbocycles. The second kappa shape index (κ2) is 5.85. The Bertz CT molecular complexity index is 419. The molecule has 0 saturated carbocycles. The molecular weight excluding hydrogens is 203 g/mol. The third kappa shape index (κ3) is 3.05. The quantitative estimate of drug-likeness (QED) is 0.609. The van der Waals surface area contributed by atoms with E-state index in [2.05, 4.69) is 17.0 Å². The van der Waals surface area contributed by atoms with Gasteiger partial charge in [0.25, 0.3) is 0 Å². The first-order chi connectivity index (χ1) is 7.69. The summed E-state index contributed by atoms with van der Waals surface area (Å²) >= 11 is 0. The van der Waals surface area contributed by atoms with Gasteiger partial charge in [-0.3, -0.25) is 4.99 Å². The molecule has 1 N–H and O–H groups in total. The second-order valence-electron chi connectivity index (χ2n) is 3.30. The van der Waals surface area contributed by atoms with Crippen LogP contribution in [0, 0.1) is 0 Å². The number of nitrogens with one attached hydrogen (secondary N) is 1. The molecule has 0 spiro atoms. The maximum atomic E-state index is 13.8. The van der Waals surface area contributed by atoms with Gasteiger partial charge in [0.1, 0.15) is 5.70 Å². The minimum Gasteiger partial charge on any atom is -0.392 e. The summed E-state index contributed by atoms with van der Waals surface area (Å²) in [4.78, 5) is 3.73. The monoisotopic (exact) mass is 218 g/mol. The molecule has 16 heavy (non-hydrogen) atoms. The maximum Gasteiger partial charge on any atom is 0.151 e. The van der Waals surface area contributed by atoms with Gasteiger partial charge in [-0.15, -0.1) is 0 Å². The highest BCUT2D eigenvalue weighted by Gasteiger charge is 2.05. The second-order valence-corrected chi connectivity index (χ2v) is 3.30. The van der Waals surface area contributed by atoms with Crippen LogP contribution in [-0.4, -0.2) is 13.8 Å². The number of halogens is 1. The summed E-state index contributed by atoms with van der Waals surface area (Å²) in [5.41, 5.74) is 1.71. The van der Waals surface area contributed by atoms with Crippen molar-refractivity contribution in [2.45, 2.75) is 6.92 Å². The van der Waals surface area contributed by atoms with Crippen molar-refractivity contribution in [3.05, 3.63) is 53.5 Å². The van der Waals surface area contributed by atoms with E-state index in [1.807, 2.05) is 18.2 Å². The lowest BCUT2D eigenvalue weighted by atomic mass is 10.1. The molecular formula is C13H15FN2. The molecule has 0 heterocycles. The molecule has 0 saturated heterocycles. The number of hydrogen-bond donors (Lipinski definition) is 1. The van der Waals surface area contributed by atoms with E-state index in [4.69, 9.17) is 0 Å². The topological polar surface area (TPSA) is 24.4 Å². The number of benzene rings is 1. The fraction of sp³-hybridized carbons (Fsp3) is 0.154. The fourth-order valence-electron chi connectivity index (χ4n) is 1.23. The van der Waals surface area contributed by atoms with Crippen molar-refractivity contribution in [2.75, 3.05) is 7.05 Å². The van der Waals surface area contributed by atoms with E-state index in [-0.39, 0.29) is 5.70 Å². The zero-order chi connectivity index (χ0) is 12.0. The first-order valence-corrected chi connectivity index (χ1v) is 4.97. The van der Waals surface area contributed by atoms with Crippen molar-refractivity contribution in [2.24, 2.45) is 4.99 Å². The highest BCUT2D eigenvalue weighted by molar-refractivity contribution is 5.71. The van der Waals surface area contributed by atoms with Crippen molar-refractivity contribution in [3.63, 3.8) is 0 Å². The highest BCUT2D eigenvalue weighted by atomic mass is 19.1. The fourth-order valence-corrected chi connectivity index (χ4v) is 1.23. The van der Waals surface area contributed by atoms with Gasteiger partial charge >= 0.3 is 0 Å². The Labute approximate surface area is 95.2 Å². The van der Waals surface area contributed by atoms with Crippen LogP contribution in [0.2, 0.25) is 0 Å². The van der Waals surface area contributed by atoms with Crippen molar-refractivity contribution >= 4 is 12.4 Å². The Hall–Kier alpha value is -1.90. The Kier molecular flexibility index (Phi) is 4.45. The summed E-state index contributed by atoms with van der Waals surface area (Å²) in [5, 5.41) is 2.85. The largest absolute Gasteiger partial charge is 0.392 e. The summed E-state index contributed by atoms with van der Waals surface area (Å²) < 4.78 is 13.8. The highest BCUT2D eigenvalue weighted by Crippen LogP contribution is 2.21. The minimum atomic E-state index is -0.395. The van der Waals surface area contributed by atoms with Crippen LogP contribution in [0.5, 0.6) is 0 Å². The average Bonchev–Trinajstić information content (AvgIpc) is 2.31. The smallest absolute Gasteiger partial charge is 0.151 e. The Morgan fingerprint density at radius 3 is 2.50 bits per heavy atom. The molecule has 1 aromatic rings. The maximum absolute atomic E-state index is 13.8. The molecule has 1 aromatic carbocycles. The standard InChI is InChI=1S/C13H15FN2/c1-10(15-2)9-12(14)13(16-3)11-7-5-4-6-8-11/h4-9,15H,3H2,1-2H3/b10-9+,13-12+. The molecule has 0 fully saturated rings. The van der Waals surface area contributed by atoms with Crippen molar-refractivity contribution in [3.8, 4) is 0 Å². The zero-order valence-corrected chi connectivity index (χ0v) is 9.50. The van der Waals surface area contributed by atoms with Crippen LogP contribution in [-0.2, 0) is 0 Å². The van der Waals surface area contributed by atoms with Crippen molar-refractivity contribution in [1.82, 2.24) is 5.32 Å². The molecule has 84 valence electrons. The molecule has 0 aliphatic rings. The predicted octanol–water partition coefficient (Wildman–Crippen LogP) is 3.15. The van der Waals surface area contributed by atoms with Gasteiger partial charge in [0.15, 0.2) is 5.83 Å². The molecule has 0 bridgehead atoms. The summed E-state index contributed by atoms with van der Waals surface area (Å²) in [6, 6.07) is 9.14. The Balaban J connectivity index is 3.16. The van der Waals surface area contributed by atoms with Gasteiger partial charge in [-0.05, 0) is 19.7 Å².